The number of rotatable bonds is 6. The van der Waals surface area contributed by atoms with Crippen molar-refractivity contribution in [2.45, 2.75) is 81.0 Å². The molecule has 2 aromatic carbocycles. The maximum absolute atomic E-state index is 13.9. The van der Waals surface area contributed by atoms with Crippen LogP contribution in [0.5, 0.6) is 0 Å². The van der Waals surface area contributed by atoms with Crippen molar-refractivity contribution in [3.05, 3.63) is 88.6 Å². The Morgan fingerprint density at radius 2 is 1.86 bits per heavy atom. The highest BCUT2D eigenvalue weighted by Crippen LogP contribution is 2.77. The highest BCUT2D eigenvalue weighted by atomic mass is 32.2. The second-order valence-corrected chi connectivity index (χ2v) is 13.5. The van der Waals surface area contributed by atoms with E-state index in [1.54, 1.807) is 11.9 Å². The van der Waals surface area contributed by atoms with Crippen molar-refractivity contribution in [1.82, 2.24) is 14.0 Å². The summed E-state index contributed by atoms with van der Waals surface area (Å²) in [5.41, 5.74) is 2.39. The zero-order valence-electron chi connectivity index (χ0n) is 24.1. The van der Waals surface area contributed by atoms with E-state index in [4.69, 9.17) is 4.52 Å². The van der Waals surface area contributed by atoms with Crippen LogP contribution in [-0.4, -0.2) is 37.1 Å². The quantitative estimate of drug-likeness (QED) is 0.179. The summed E-state index contributed by atoms with van der Waals surface area (Å²) in [5.74, 6) is -4.13. The summed E-state index contributed by atoms with van der Waals surface area (Å²) in [4.78, 5) is 14.6. The molecule has 0 bridgehead atoms. The van der Waals surface area contributed by atoms with Gasteiger partial charge in [-0.3, -0.25) is 4.79 Å². The van der Waals surface area contributed by atoms with Gasteiger partial charge in [-0.05, 0) is 63.0 Å². The molecule has 0 radical (unpaired) electrons. The van der Waals surface area contributed by atoms with Gasteiger partial charge in [0.2, 0.25) is 0 Å². The van der Waals surface area contributed by atoms with E-state index < -0.39 is 29.0 Å². The van der Waals surface area contributed by atoms with Gasteiger partial charge in [0.1, 0.15) is 17.0 Å². The summed E-state index contributed by atoms with van der Waals surface area (Å²) in [7, 11) is 0. The van der Waals surface area contributed by atoms with Crippen molar-refractivity contribution >= 4 is 23.5 Å². The van der Waals surface area contributed by atoms with E-state index in [0.29, 0.717) is 30.1 Å². The smallest absolute Gasteiger partial charge is 0.272 e. The molecular weight excluding hydrogens is 589 g/mol. The molecule has 44 heavy (non-hydrogen) atoms. The molecule has 2 saturated carbocycles. The van der Waals surface area contributed by atoms with Crippen LogP contribution >= 0.6 is 11.9 Å². The molecule has 2 N–H and O–H groups in total. The molecule has 1 saturated heterocycles. The van der Waals surface area contributed by atoms with Crippen LogP contribution in [-0.2, 0) is 18.6 Å². The minimum absolute atomic E-state index is 0.136. The zero-order chi connectivity index (χ0) is 30.4. The summed E-state index contributed by atoms with van der Waals surface area (Å²) in [6, 6.07) is 13.5. The van der Waals surface area contributed by atoms with E-state index in [-0.39, 0.29) is 23.2 Å². The molecule has 11 heteroatoms. The second-order valence-electron chi connectivity index (χ2n) is 12.5. The first-order valence-electron chi connectivity index (χ1n) is 15.1. The zero-order valence-corrected chi connectivity index (χ0v) is 24.9. The minimum Gasteiger partial charge on any atom is -0.383 e. The third-order valence-electron chi connectivity index (χ3n) is 10.4. The first-order chi connectivity index (χ1) is 21.2. The largest absolute Gasteiger partial charge is 0.383 e. The van der Waals surface area contributed by atoms with Crippen LogP contribution in [0.4, 0.5) is 18.9 Å². The Morgan fingerprint density at radius 3 is 2.57 bits per heavy atom. The predicted octanol–water partition coefficient (Wildman–Crippen LogP) is 6.98. The van der Waals surface area contributed by atoms with E-state index in [1.165, 1.54) is 0 Å². The molecule has 228 valence electrons. The van der Waals surface area contributed by atoms with Gasteiger partial charge in [0.05, 0.1) is 0 Å². The average Bonchev–Trinajstić information content (AvgIpc) is 3.49. The first-order valence-corrected chi connectivity index (χ1v) is 15.9. The molecule has 4 unspecified atom stereocenters. The molecule has 7 nitrogen and oxygen atoms in total. The van der Waals surface area contributed by atoms with Gasteiger partial charge in [0, 0.05) is 64.1 Å². The molecule has 1 amide bonds. The summed E-state index contributed by atoms with van der Waals surface area (Å²) in [6.07, 6.45) is 6.18. The summed E-state index contributed by atoms with van der Waals surface area (Å²) < 4.78 is 51.3. The molecule has 3 fully saturated rings. The molecule has 4 aromatic rings. The van der Waals surface area contributed by atoms with Gasteiger partial charge in [0.15, 0.2) is 23.2 Å². The Hall–Kier alpha value is -3.54. The van der Waals surface area contributed by atoms with E-state index in [9.17, 15) is 23.1 Å². The fourth-order valence-electron chi connectivity index (χ4n) is 8.09. The standard InChI is InChI=1S/C33H31F3N4O3S/c1-18-29(31(41)37-20-14-21(34)28(36)22(35)15-20)39-13-7-3-6-10-23(39)30(18)44-40-26-11-12-32(26)27(40)17-33(32,42)25-16-24(43-38-25)19-8-4-2-5-9-19/h2,4-5,8-9,14-16,26-27,42H,3,6-7,10-13,17H2,1H3,(H,37,41). The van der Waals surface area contributed by atoms with Gasteiger partial charge in [-0.25, -0.2) is 17.5 Å². The van der Waals surface area contributed by atoms with E-state index in [0.717, 1.165) is 72.4 Å². The maximum atomic E-state index is 13.9. The topological polar surface area (TPSA) is 83.5 Å². The van der Waals surface area contributed by atoms with Crippen molar-refractivity contribution < 1.29 is 27.6 Å². The molecule has 8 rings (SSSR count). The van der Waals surface area contributed by atoms with Crippen molar-refractivity contribution in [3.63, 3.8) is 0 Å². The van der Waals surface area contributed by atoms with Crippen LogP contribution in [0.25, 0.3) is 11.3 Å². The third kappa shape index (κ3) is 3.78. The van der Waals surface area contributed by atoms with Gasteiger partial charge < -0.3 is 19.5 Å². The lowest BCUT2D eigenvalue weighted by Crippen LogP contribution is -2.88. The molecular formula is C33H31F3N4O3S. The number of anilines is 1. The molecule has 4 atom stereocenters. The van der Waals surface area contributed by atoms with E-state index in [1.807, 2.05) is 47.9 Å². The molecule has 4 aliphatic rings. The van der Waals surface area contributed by atoms with Gasteiger partial charge in [-0.1, -0.05) is 41.9 Å². The predicted molar refractivity (Wildman–Crippen MR) is 158 cm³/mol. The van der Waals surface area contributed by atoms with Gasteiger partial charge in [0.25, 0.3) is 5.91 Å². The maximum Gasteiger partial charge on any atom is 0.272 e. The summed E-state index contributed by atoms with van der Waals surface area (Å²) in [6.45, 7) is 2.58. The number of carbonyl (C=O) groups is 1. The molecule has 4 heterocycles. The number of halogens is 3. The van der Waals surface area contributed by atoms with Crippen LogP contribution in [0, 0.1) is 29.8 Å². The molecule has 2 aliphatic heterocycles. The van der Waals surface area contributed by atoms with Crippen LogP contribution in [0.15, 0.2) is 57.9 Å². The number of fused-ring (bicyclic) bond motifs is 1. The number of benzene rings is 2. The fraction of sp³-hybridized carbons (Fsp3) is 0.394. The van der Waals surface area contributed by atoms with Crippen molar-refractivity contribution in [2.75, 3.05) is 5.32 Å². The lowest BCUT2D eigenvalue weighted by Gasteiger charge is -2.81. The highest BCUT2D eigenvalue weighted by Gasteiger charge is 2.83. The number of amides is 1. The number of aliphatic hydroxyl groups is 1. The van der Waals surface area contributed by atoms with E-state index in [2.05, 4.69) is 14.8 Å². The van der Waals surface area contributed by atoms with Crippen LogP contribution in [0.3, 0.4) is 0 Å². The molecule has 1 spiro atoms. The first kappa shape index (κ1) is 28.0. The number of aromatic nitrogens is 2. The van der Waals surface area contributed by atoms with Crippen LogP contribution < -0.4 is 5.32 Å². The number of hydrogen-bond donors (Lipinski definition) is 2. The third-order valence-corrected chi connectivity index (χ3v) is 11.8. The van der Waals surface area contributed by atoms with Crippen LogP contribution in [0.2, 0.25) is 0 Å². The summed E-state index contributed by atoms with van der Waals surface area (Å²) >= 11 is 1.66. The molecule has 2 aliphatic carbocycles. The van der Waals surface area contributed by atoms with Gasteiger partial charge in [-0.15, -0.1) is 0 Å². The minimum atomic E-state index is -1.57. The number of nitrogens with one attached hydrogen (secondary N) is 1. The Labute approximate surface area is 256 Å². The lowest BCUT2D eigenvalue weighted by atomic mass is 9.36. The summed E-state index contributed by atoms with van der Waals surface area (Å²) in [5, 5.41) is 18.9. The number of nitrogens with zero attached hydrogens (tertiary/aromatic N) is 3. The van der Waals surface area contributed by atoms with Crippen molar-refractivity contribution in [2.24, 2.45) is 5.41 Å². The van der Waals surface area contributed by atoms with Crippen molar-refractivity contribution in [3.8, 4) is 11.3 Å². The SMILES string of the molecule is Cc1c(SN2C3CCC34C2CC4(O)c2cc(-c3ccccc3)on2)c2n(c1C(=O)Nc1cc(F)c(F)c(F)c1)CCCCC2. The highest BCUT2D eigenvalue weighted by molar-refractivity contribution is 7.97. The number of carbonyl (C=O) groups excluding carboxylic acids is 1. The Balaban J connectivity index is 1.06. The van der Waals surface area contributed by atoms with E-state index >= 15 is 0 Å². The van der Waals surface area contributed by atoms with Crippen molar-refractivity contribution in [1.29, 1.82) is 0 Å². The number of hydrogen-bond acceptors (Lipinski definition) is 6. The monoisotopic (exact) mass is 620 g/mol. The number of piperidine rings is 2. The lowest BCUT2D eigenvalue weighted by molar-refractivity contribution is -0.349. The Morgan fingerprint density at radius 1 is 1.09 bits per heavy atom. The van der Waals surface area contributed by atoms with Crippen LogP contribution in [0.1, 0.15) is 66.0 Å². The second kappa shape index (κ2) is 9.98. The average molecular weight is 621 g/mol. The van der Waals surface area contributed by atoms with Gasteiger partial charge in [-0.2, -0.15) is 0 Å². The Kier molecular flexibility index (Phi) is 6.35. The fourth-order valence-corrected chi connectivity index (χ4v) is 9.67. The van der Waals surface area contributed by atoms with Gasteiger partial charge >= 0.3 is 0 Å². The normalized spacial score (nSPS) is 27.2. The molecule has 2 aromatic heterocycles. The Bertz CT molecular complexity index is 1780.